The molecule has 112 valence electrons. The van der Waals surface area contributed by atoms with Gasteiger partial charge in [0.15, 0.2) is 0 Å². The first-order valence-electron chi connectivity index (χ1n) is 6.52. The van der Waals surface area contributed by atoms with Gasteiger partial charge in [-0.25, -0.2) is 0 Å². The summed E-state index contributed by atoms with van der Waals surface area (Å²) in [5.74, 6) is 0.268. The zero-order valence-corrected chi connectivity index (χ0v) is 12.1. The second-order valence-electron chi connectivity index (χ2n) is 4.16. The standard InChI is InChI=1S/C14H22N2O4/c1-4-19-7-8-20-10(2)14(17)16-12-6-5-11(15)9-13(12)18-3/h5-6,9-10H,4,7-8,15H2,1-3H3,(H,16,17). The average molecular weight is 282 g/mol. The molecule has 6 heteroatoms. The van der Waals surface area contributed by atoms with E-state index in [0.29, 0.717) is 36.9 Å². The molecule has 1 amide bonds. The predicted octanol–water partition coefficient (Wildman–Crippen LogP) is 1.66. The van der Waals surface area contributed by atoms with Gasteiger partial charge < -0.3 is 25.3 Å². The number of nitrogens with two attached hydrogens (primary N) is 1. The van der Waals surface area contributed by atoms with Crippen LogP contribution in [0.3, 0.4) is 0 Å². The largest absolute Gasteiger partial charge is 0.494 e. The molecule has 1 unspecified atom stereocenters. The lowest BCUT2D eigenvalue weighted by Crippen LogP contribution is -2.29. The van der Waals surface area contributed by atoms with Crippen molar-refractivity contribution in [2.24, 2.45) is 0 Å². The Morgan fingerprint density at radius 2 is 2.15 bits per heavy atom. The van der Waals surface area contributed by atoms with Gasteiger partial charge in [0.1, 0.15) is 11.9 Å². The second kappa shape index (κ2) is 8.39. The predicted molar refractivity (Wildman–Crippen MR) is 77.9 cm³/mol. The summed E-state index contributed by atoms with van der Waals surface area (Å²) in [6.45, 7) is 5.07. The summed E-state index contributed by atoms with van der Waals surface area (Å²) in [5.41, 5.74) is 6.79. The van der Waals surface area contributed by atoms with Crippen molar-refractivity contribution in [1.82, 2.24) is 0 Å². The fourth-order valence-corrected chi connectivity index (χ4v) is 1.55. The van der Waals surface area contributed by atoms with Crippen LogP contribution in [0.4, 0.5) is 11.4 Å². The first-order valence-corrected chi connectivity index (χ1v) is 6.52. The zero-order valence-electron chi connectivity index (χ0n) is 12.1. The Morgan fingerprint density at radius 3 is 2.80 bits per heavy atom. The van der Waals surface area contributed by atoms with Crippen LogP contribution in [0.1, 0.15) is 13.8 Å². The van der Waals surface area contributed by atoms with Crippen molar-refractivity contribution in [3.63, 3.8) is 0 Å². The number of carbonyl (C=O) groups excluding carboxylic acids is 1. The van der Waals surface area contributed by atoms with E-state index in [-0.39, 0.29) is 5.91 Å². The number of nitrogens with one attached hydrogen (secondary N) is 1. The van der Waals surface area contributed by atoms with Gasteiger partial charge in [-0.1, -0.05) is 0 Å². The molecule has 0 fully saturated rings. The maximum atomic E-state index is 12.0. The van der Waals surface area contributed by atoms with Crippen molar-refractivity contribution in [3.05, 3.63) is 18.2 Å². The minimum Gasteiger partial charge on any atom is -0.494 e. The molecule has 0 aliphatic rings. The third kappa shape index (κ3) is 5.07. The van der Waals surface area contributed by atoms with E-state index < -0.39 is 6.10 Å². The number of methoxy groups -OCH3 is 1. The van der Waals surface area contributed by atoms with Crippen molar-refractivity contribution in [3.8, 4) is 5.75 Å². The van der Waals surface area contributed by atoms with Crippen molar-refractivity contribution in [2.75, 3.05) is 38.0 Å². The Bertz CT molecular complexity index is 437. The normalized spacial score (nSPS) is 11.9. The molecule has 6 nitrogen and oxygen atoms in total. The Labute approximate surface area is 119 Å². The molecule has 0 aliphatic heterocycles. The molecule has 0 spiro atoms. The molecule has 1 atom stereocenters. The topological polar surface area (TPSA) is 82.8 Å². The van der Waals surface area contributed by atoms with Crippen LogP contribution >= 0.6 is 0 Å². The molecule has 0 radical (unpaired) electrons. The molecule has 3 N–H and O–H groups in total. The lowest BCUT2D eigenvalue weighted by molar-refractivity contribution is -0.127. The van der Waals surface area contributed by atoms with E-state index >= 15 is 0 Å². The number of hydrogen-bond acceptors (Lipinski definition) is 5. The number of ether oxygens (including phenoxy) is 3. The van der Waals surface area contributed by atoms with Crippen LogP contribution in [0.15, 0.2) is 18.2 Å². The highest BCUT2D eigenvalue weighted by Crippen LogP contribution is 2.26. The summed E-state index contributed by atoms with van der Waals surface area (Å²) in [4.78, 5) is 12.0. The number of rotatable bonds is 8. The number of hydrogen-bond donors (Lipinski definition) is 2. The number of amides is 1. The summed E-state index contributed by atoms with van der Waals surface area (Å²) in [7, 11) is 1.52. The highest BCUT2D eigenvalue weighted by molar-refractivity contribution is 5.95. The Kier molecular flexibility index (Phi) is 6.83. The molecule has 20 heavy (non-hydrogen) atoms. The fourth-order valence-electron chi connectivity index (χ4n) is 1.55. The molecule has 0 aromatic heterocycles. The van der Waals surface area contributed by atoms with E-state index in [1.54, 1.807) is 25.1 Å². The molecular weight excluding hydrogens is 260 g/mol. The molecule has 1 aromatic rings. The average Bonchev–Trinajstić information content (AvgIpc) is 2.45. The van der Waals surface area contributed by atoms with Gasteiger partial charge in [0.25, 0.3) is 5.91 Å². The molecule has 0 aliphatic carbocycles. The van der Waals surface area contributed by atoms with Gasteiger partial charge in [-0.3, -0.25) is 4.79 Å². The maximum Gasteiger partial charge on any atom is 0.253 e. The minimum atomic E-state index is -0.572. The van der Waals surface area contributed by atoms with Gasteiger partial charge in [0, 0.05) is 18.4 Å². The highest BCUT2D eigenvalue weighted by Gasteiger charge is 2.15. The molecule has 0 saturated carbocycles. The molecule has 0 heterocycles. The summed E-state index contributed by atoms with van der Waals surface area (Å²) in [5, 5.41) is 2.74. The first-order chi connectivity index (χ1) is 9.58. The third-order valence-electron chi connectivity index (χ3n) is 2.65. The van der Waals surface area contributed by atoms with Crippen molar-refractivity contribution in [1.29, 1.82) is 0 Å². The maximum absolute atomic E-state index is 12.0. The van der Waals surface area contributed by atoms with Crippen LogP contribution in [-0.2, 0) is 14.3 Å². The molecular formula is C14H22N2O4. The fraction of sp³-hybridized carbons (Fsp3) is 0.500. The minimum absolute atomic E-state index is 0.246. The molecule has 1 aromatic carbocycles. The van der Waals surface area contributed by atoms with E-state index in [2.05, 4.69) is 5.32 Å². The zero-order chi connectivity index (χ0) is 15.0. The van der Waals surface area contributed by atoms with Gasteiger partial charge in [-0.2, -0.15) is 0 Å². The van der Waals surface area contributed by atoms with Crippen molar-refractivity contribution < 1.29 is 19.0 Å². The number of anilines is 2. The first kappa shape index (κ1) is 16.3. The van der Waals surface area contributed by atoms with Crippen LogP contribution in [0.5, 0.6) is 5.75 Å². The van der Waals surface area contributed by atoms with Crippen LogP contribution in [0.25, 0.3) is 0 Å². The van der Waals surface area contributed by atoms with Crippen LogP contribution in [0, 0.1) is 0 Å². The van der Waals surface area contributed by atoms with Crippen LogP contribution < -0.4 is 15.8 Å². The number of benzene rings is 1. The van der Waals surface area contributed by atoms with E-state index in [4.69, 9.17) is 19.9 Å². The van der Waals surface area contributed by atoms with Gasteiger partial charge in [0.2, 0.25) is 0 Å². The Morgan fingerprint density at radius 1 is 1.40 bits per heavy atom. The van der Waals surface area contributed by atoms with Crippen LogP contribution in [0.2, 0.25) is 0 Å². The summed E-state index contributed by atoms with van der Waals surface area (Å²) < 4.78 is 15.7. The van der Waals surface area contributed by atoms with Gasteiger partial charge >= 0.3 is 0 Å². The van der Waals surface area contributed by atoms with Gasteiger partial charge in [-0.15, -0.1) is 0 Å². The molecule has 0 bridgehead atoms. The molecule has 1 rings (SSSR count). The third-order valence-corrected chi connectivity index (χ3v) is 2.65. The van der Waals surface area contributed by atoms with E-state index in [9.17, 15) is 4.79 Å². The van der Waals surface area contributed by atoms with E-state index in [0.717, 1.165) is 0 Å². The lowest BCUT2D eigenvalue weighted by Gasteiger charge is -2.15. The second-order valence-corrected chi connectivity index (χ2v) is 4.16. The highest BCUT2D eigenvalue weighted by atomic mass is 16.5. The number of carbonyl (C=O) groups is 1. The summed E-state index contributed by atoms with van der Waals surface area (Å²) in [6.07, 6.45) is -0.572. The number of nitrogen functional groups attached to an aromatic ring is 1. The van der Waals surface area contributed by atoms with E-state index in [1.165, 1.54) is 7.11 Å². The van der Waals surface area contributed by atoms with E-state index in [1.807, 2.05) is 6.92 Å². The van der Waals surface area contributed by atoms with Gasteiger partial charge in [0.05, 0.1) is 26.0 Å². The van der Waals surface area contributed by atoms with Crippen molar-refractivity contribution >= 4 is 17.3 Å². The monoisotopic (exact) mass is 282 g/mol. The Balaban J connectivity index is 2.52. The molecule has 0 saturated heterocycles. The summed E-state index contributed by atoms with van der Waals surface area (Å²) >= 11 is 0. The van der Waals surface area contributed by atoms with Gasteiger partial charge in [-0.05, 0) is 26.0 Å². The summed E-state index contributed by atoms with van der Waals surface area (Å²) in [6, 6.07) is 5.04. The lowest BCUT2D eigenvalue weighted by atomic mass is 10.2. The quantitative estimate of drug-likeness (QED) is 0.559. The smallest absolute Gasteiger partial charge is 0.253 e. The van der Waals surface area contributed by atoms with Crippen molar-refractivity contribution in [2.45, 2.75) is 20.0 Å². The Hall–Kier alpha value is -1.79. The SMILES string of the molecule is CCOCCOC(C)C(=O)Nc1ccc(N)cc1OC. The van der Waals surface area contributed by atoms with Crippen LogP contribution in [-0.4, -0.2) is 38.9 Å².